The van der Waals surface area contributed by atoms with Gasteiger partial charge in [-0.25, -0.2) is 0 Å². The molecule has 10 aromatic carbocycles. The first-order valence-corrected chi connectivity index (χ1v) is 26.2. The Labute approximate surface area is 431 Å². The monoisotopic (exact) mass is 950 g/mol. The highest BCUT2D eigenvalue weighted by molar-refractivity contribution is 6.74. The van der Waals surface area contributed by atoms with Gasteiger partial charge in [0.1, 0.15) is 11.3 Å². The lowest BCUT2D eigenvalue weighted by atomic mass is 9.58. The first-order chi connectivity index (χ1) is 36.1. The van der Waals surface area contributed by atoms with E-state index in [2.05, 4.69) is 257 Å². The summed E-state index contributed by atoms with van der Waals surface area (Å²) in [6, 6.07) is 74.1. The molecule has 0 amide bonds. The summed E-state index contributed by atoms with van der Waals surface area (Å²) in [7, 11) is 2.47. The van der Waals surface area contributed by atoms with E-state index in [1.165, 1.54) is 87.7 Å². The van der Waals surface area contributed by atoms with Crippen LogP contribution in [0.15, 0.2) is 205 Å². The minimum Gasteiger partial charge on any atom is -0.455 e. The molecule has 4 nitrogen and oxygen atoms in total. The van der Waals surface area contributed by atoms with E-state index in [4.69, 9.17) is 4.42 Å². The smallest absolute Gasteiger partial charge is 0.198 e. The second kappa shape index (κ2) is 15.7. The molecule has 0 saturated heterocycles. The van der Waals surface area contributed by atoms with E-state index in [9.17, 15) is 0 Å². The highest BCUT2D eigenvalue weighted by atomic mass is 16.3. The number of anilines is 2. The van der Waals surface area contributed by atoms with Crippen molar-refractivity contribution in [3.05, 3.63) is 217 Å². The molecule has 5 heteroatoms. The van der Waals surface area contributed by atoms with E-state index in [1.807, 2.05) is 0 Å². The first-order valence-electron chi connectivity index (χ1n) is 26.2. The molecule has 1 radical (unpaired) electrons. The van der Waals surface area contributed by atoms with Gasteiger partial charge in [0.05, 0.1) is 27.8 Å². The molecule has 0 unspecified atom stereocenters. The molecule has 0 saturated carbocycles. The van der Waals surface area contributed by atoms with Crippen LogP contribution in [0.1, 0.15) is 57.2 Å². The van der Waals surface area contributed by atoms with Gasteiger partial charge in [-0.05, 0) is 130 Å². The van der Waals surface area contributed by atoms with Gasteiger partial charge in [-0.1, -0.05) is 178 Å². The van der Waals surface area contributed by atoms with E-state index < -0.39 is 0 Å². The van der Waals surface area contributed by atoms with E-state index in [0.717, 1.165) is 74.5 Å². The Bertz CT molecular complexity index is 4420. The second-order valence-corrected chi connectivity index (χ2v) is 22.3. The van der Waals surface area contributed by atoms with E-state index in [1.54, 1.807) is 0 Å². The quantitative estimate of drug-likeness (QED) is 0.169. The van der Waals surface area contributed by atoms with Gasteiger partial charge in [-0.15, -0.1) is 0 Å². The summed E-state index contributed by atoms with van der Waals surface area (Å²) in [5.74, 6) is 0.876. The summed E-state index contributed by atoms with van der Waals surface area (Å²) in [5.41, 5.74) is 22.1. The number of hydrogen-bond acceptors (Lipinski definition) is 2. The lowest BCUT2D eigenvalue weighted by molar-refractivity contribution is 0.332. The Morgan fingerprint density at radius 3 is 1.82 bits per heavy atom. The van der Waals surface area contributed by atoms with Crippen LogP contribution in [-0.2, 0) is 10.8 Å². The number of aryl methyl sites for hydroxylation is 1. The molecule has 4 heterocycles. The predicted molar refractivity (Wildman–Crippen MR) is 313 cm³/mol. The van der Waals surface area contributed by atoms with Gasteiger partial charge >= 0.3 is 0 Å². The van der Waals surface area contributed by atoms with Gasteiger partial charge in [0, 0.05) is 60.7 Å². The molecular formula is C69H53BN3O. The summed E-state index contributed by atoms with van der Waals surface area (Å²) >= 11 is 0. The normalized spacial score (nSPS) is 14.5. The maximum absolute atomic E-state index is 7.11. The van der Waals surface area contributed by atoms with Crippen LogP contribution in [0.2, 0.25) is 0 Å². The van der Waals surface area contributed by atoms with Crippen molar-refractivity contribution in [3.8, 4) is 45.0 Å². The van der Waals surface area contributed by atoms with Crippen LogP contribution in [0.5, 0.6) is 0 Å². The topological polar surface area (TPSA) is 35.0 Å². The van der Waals surface area contributed by atoms with Gasteiger partial charge in [-0.2, -0.15) is 0 Å². The third kappa shape index (κ3) is 6.29. The third-order valence-electron chi connectivity index (χ3n) is 16.8. The zero-order chi connectivity index (χ0) is 49.6. The molecule has 1 aliphatic heterocycles. The Kier molecular flexibility index (Phi) is 9.16. The SMILES string of the molecule is Cc1ccc(Nc2cc3c(cc2-c2cc(-n4c5ccccc5c5ccccc54)c4c5c6ccccc6ccc5n5c4c2[B]c2cc4oc(-c6ccccc6)c(-c6ccccc6)c4cc2-5)C(C)(C)CCC3(C)C)cc1. The molecule has 74 heavy (non-hydrogen) atoms. The third-order valence-corrected chi connectivity index (χ3v) is 16.8. The molecule has 3 aromatic heterocycles. The van der Waals surface area contributed by atoms with E-state index >= 15 is 0 Å². The highest BCUT2D eigenvalue weighted by Crippen LogP contribution is 2.52. The minimum absolute atomic E-state index is 0.00358. The Hall–Kier alpha value is -8.54. The number of para-hydroxylation sites is 2. The number of hydrogen-bond donors (Lipinski definition) is 1. The van der Waals surface area contributed by atoms with Gasteiger partial charge in [0.2, 0.25) is 0 Å². The lowest BCUT2D eigenvalue weighted by Crippen LogP contribution is -2.38. The Morgan fingerprint density at radius 1 is 0.500 bits per heavy atom. The molecule has 0 bridgehead atoms. The summed E-state index contributed by atoms with van der Waals surface area (Å²) in [6.45, 7) is 11.9. The van der Waals surface area contributed by atoms with Crippen molar-refractivity contribution in [1.82, 2.24) is 9.13 Å². The standard InChI is InChI=1S/C69H53BN3O/c1-41-28-31-45(32-29-41)71-55-39-53-52(68(2,3)34-35-69(53,4)5)36-49(55)50-37-60(72-56-26-16-14-24-47(56)48-25-15-17-27-57(48)72)64-63-46-23-13-12-18-42(46)30-33-58(63)73-59-38-51-61(40-54(59)70-65(50)66(64)73)74-67(44-21-10-7-11-22-44)62(51)43-19-8-6-9-20-43/h6-33,36-40,71H,34-35H2,1-5H3. The lowest BCUT2D eigenvalue weighted by Gasteiger charge is -2.42. The number of nitrogens with zero attached hydrogens (tertiary/aromatic N) is 2. The number of furan rings is 1. The zero-order valence-corrected chi connectivity index (χ0v) is 42.3. The van der Waals surface area contributed by atoms with Crippen molar-refractivity contribution in [3.63, 3.8) is 0 Å². The van der Waals surface area contributed by atoms with Crippen molar-refractivity contribution in [2.24, 2.45) is 0 Å². The molecule has 2 aliphatic rings. The molecule has 1 N–H and O–H groups in total. The summed E-state index contributed by atoms with van der Waals surface area (Å²) in [6.07, 6.45) is 2.24. The molecule has 0 spiro atoms. The zero-order valence-electron chi connectivity index (χ0n) is 42.3. The molecule has 0 fully saturated rings. The average Bonchev–Trinajstić information content (AvgIpc) is 4.11. The number of nitrogens with one attached hydrogen (secondary N) is 1. The number of rotatable bonds is 6. The van der Waals surface area contributed by atoms with Crippen molar-refractivity contribution >= 4 is 94.9 Å². The maximum atomic E-state index is 7.11. The second-order valence-electron chi connectivity index (χ2n) is 22.3. The van der Waals surface area contributed by atoms with Crippen molar-refractivity contribution in [1.29, 1.82) is 0 Å². The van der Waals surface area contributed by atoms with Gasteiger partial charge < -0.3 is 18.9 Å². The van der Waals surface area contributed by atoms with Crippen LogP contribution < -0.4 is 16.2 Å². The largest absolute Gasteiger partial charge is 0.455 e. The van der Waals surface area contributed by atoms with Gasteiger partial charge in [0.25, 0.3) is 0 Å². The van der Waals surface area contributed by atoms with E-state index in [-0.39, 0.29) is 10.8 Å². The fourth-order valence-electron chi connectivity index (χ4n) is 13.0. The predicted octanol–water partition coefficient (Wildman–Crippen LogP) is 17.2. The van der Waals surface area contributed by atoms with E-state index in [0.29, 0.717) is 0 Å². The molecular weight excluding hydrogens is 898 g/mol. The fourth-order valence-corrected chi connectivity index (χ4v) is 13.0. The van der Waals surface area contributed by atoms with Gasteiger partial charge in [-0.3, -0.25) is 0 Å². The molecule has 0 atom stereocenters. The molecule has 15 rings (SSSR count). The molecule has 1 aliphatic carbocycles. The van der Waals surface area contributed by atoms with Crippen molar-refractivity contribution < 1.29 is 4.42 Å². The highest BCUT2D eigenvalue weighted by Gasteiger charge is 2.39. The maximum Gasteiger partial charge on any atom is 0.198 e. The van der Waals surface area contributed by atoms with Gasteiger partial charge in [0.15, 0.2) is 7.28 Å². The van der Waals surface area contributed by atoms with Crippen LogP contribution in [0.3, 0.4) is 0 Å². The summed E-state index contributed by atoms with van der Waals surface area (Å²) in [5, 5.41) is 12.5. The van der Waals surface area contributed by atoms with Crippen molar-refractivity contribution in [2.75, 3.05) is 5.32 Å². The minimum atomic E-state index is -0.0269. The molecule has 13 aromatic rings. The first kappa shape index (κ1) is 43.1. The van der Waals surface area contributed by atoms with Crippen LogP contribution in [0.4, 0.5) is 11.4 Å². The van der Waals surface area contributed by atoms with Crippen LogP contribution in [0, 0.1) is 6.92 Å². The number of benzene rings is 10. The Balaban J connectivity index is 1.14. The van der Waals surface area contributed by atoms with Crippen LogP contribution >= 0.6 is 0 Å². The van der Waals surface area contributed by atoms with Crippen molar-refractivity contribution in [2.45, 2.75) is 58.3 Å². The number of aromatic nitrogens is 2. The fraction of sp³-hybridized carbons (Fsp3) is 0.130. The summed E-state index contributed by atoms with van der Waals surface area (Å²) in [4.78, 5) is 0. The van der Waals surface area contributed by atoms with Crippen LogP contribution in [0.25, 0.3) is 110 Å². The number of fused-ring (bicyclic) bond motifs is 12. The molecule has 353 valence electrons. The average molecular weight is 951 g/mol. The Morgan fingerprint density at radius 2 is 1.12 bits per heavy atom. The van der Waals surface area contributed by atoms with Crippen LogP contribution in [-0.4, -0.2) is 16.4 Å². The summed E-state index contributed by atoms with van der Waals surface area (Å²) < 4.78 is 12.3.